The molecule has 2 aliphatic heterocycles. The van der Waals surface area contributed by atoms with Crippen LogP contribution in [-0.2, 0) is 32.3 Å². The molecule has 1 aromatic heterocycles. The molecular formula is C39H42N4O9S. The van der Waals surface area contributed by atoms with Gasteiger partial charge in [-0.15, -0.1) is 0 Å². The van der Waals surface area contributed by atoms with E-state index in [1.807, 2.05) is 43.3 Å². The molecule has 2 fully saturated rings. The predicted octanol–water partition coefficient (Wildman–Crippen LogP) is 4.72. The summed E-state index contributed by atoms with van der Waals surface area (Å²) in [5.41, 5.74) is 0.198. The van der Waals surface area contributed by atoms with Crippen LogP contribution in [0.15, 0.2) is 87.5 Å². The third-order valence-corrected chi connectivity index (χ3v) is 12.4. The molecule has 13 nitrogen and oxygen atoms in total. The molecule has 1 saturated carbocycles. The quantitative estimate of drug-likeness (QED) is 0.164. The molecule has 0 radical (unpaired) electrons. The summed E-state index contributed by atoms with van der Waals surface area (Å²) in [5, 5.41) is 42.4. The summed E-state index contributed by atoms with van der Waals surface area (Å²) in [5.74, 6) is 0.777. The van der Waals surface area contributed by atoms with E-state index >= 15 is 0 Å². The van der Waals surface area contributed by atoms with Crippen molar-refractivity contribution in [2.75, 3.05) is 13.1 Å². The second-order valence-corrected chi connectivity index (χ2v) is 16.9. The van der Waals surface area contributed by atoms with Crippen LogP contribution in [0.2, 0.25) is 0 Å². The number of nitrogens with zero attached hydrogens (tertiary/aromatic N) is 3. The van der Waals surface area contributed by atoms with Crippen LogP contribution in [0.5, 0.6) is 11.5 Å². The number of rotatable bonds is 7. The van der Waals surface area contributed by atoms with E-state index in [9.17, 15) is 28.5 Å². The third kappa shape index (κ3) is 5.79. The number of phenolic OH excluding ortho intramolecular Hbond substituents is 1. The highest BCUT2D eigenvalue weighted by Crippen LogP contribution is 2.66. The number of likely N-dealkylation sites (tertiary alicyclic amines) is 1. The van der Waals surface area contributed by atoms with Gasteiger partial charge in [-0.3, -0.25) is 14.2 Å². The number of aliphatic hydroxyl groups excluding tert-OH is 1. The first kappa shape index (κ1) is 35.3. The smallest absolute Gasteiger partial charge is 0.294 e. The normalized spacial score (nSPS) is 25.9. The Morgan fingerprint density at radius 2 is 1.77 bits per heavy atom. The molecule has 2 bridgehead atoms. The highest BCUT2D eigenvalue weighted by Gasteiger charge is 2.73. The first-order valence-corrected chi connectivity index (χ1v) is 19.2. The third-order valence-electron chi connectivity index (χ3n) is 11.5. The van der Waals surface area contributed by atoms with E-state index in [1.165, 1.54) is 25.0 Å². The predicted molar refractivity (Wildman–Crippen MR) is 192 cm³/mol. The van der Waals surface area contributed by atoms with E-state index in [1.54, 1.807) is 32.0 Å². The molecule has 278 valence electrons. The number of benzene rings is 3. The highest BCUT2D eigenvalue weighted by atomic mass is 32.2. The van der Waals surface area contributed by atoms with Gasteiger partial charge >= 0.3 is 0 Å². The fourth-order valence-corrected chi connectivity index (χ4v) is 9.15. The molecule has 5 N–H and O–H groups in total. The Morgan fingerprint density at radius 3 is 2.45 bits per heavy atom. The molecule has 9 rings (SSSR count). The number of aromatic hydroxyl groups is 1. The number of phenols is 1. The molecule has 4 atom stereocenters. The second-order valence-electron chi connectivity index (χ2n) is 15.4. The summed E-state index contributed by atoms with van der Waals surface area (Å²) in [6, 6.07) is 18.7. The Hall–Kier alpha value is -4.76. The Bertz CT molecular complexity index is 2230. The van der Waals surface area contributed by atoms with Gasteiger partial charge in [-0.1, -0.05) is 59.3 Å². The topological polar surface area (TPSA) is 196 Å². The molecule has 3 aliphatic carbocycles. The number of hydrogen-bond donors (Lipinski definition) is 5. The van der Waals surface area contributed by atoms with Gasteiger partial charge in [-0.2, -0.15) is 13.4 Å². The molecular weight excluding hydrogens is 701 g/mol. The first-order chi connectivity index (χ1) is 25.1. The summed E-state index contributed by atoms with van der Waals surface area (Å²) in [4.78, 5) is 20.8. The Labute approximate surface area is 307 Å². The van der Waals surface area contributed by atoms with Crippen molar-refractivity contribution < 1.29 is 42.3 Å². The Balaban J connectivity index is 0.000000314. The van der Waals surface area contributed by atoms with E-state index in [0.29, 0.717) is 30.3 Å². The van der Waals surface area contributed by atoms with Crippen LogP contribution >= 0.6 is 0 Å². The van der Waals surface area contributed by atoms with E-state index in [-0.39, 0.29) is 40.3 Å². The summed E-state index contributed by atoms with van der Waals surface area (Å²) in [7, 11) is -4.02. The van der Waals surface area contributed by atoms with E-state index in [0.717, 1.165) is 35.3 Å². The molecule has 14 heteroatoms. The van der Waals surface area contributed by atoms with Crippen molar-refractivity contribution >= 4 is 16.0 Å². The van der Waals surface area contributed by atoms with Crippen molar-refractivity contribution in [2.45, 2.75) is 86.5 Å². The summed E-state index contributed by atoms with van der Waals surface area (Å²) in [6.07, 6.45) is 2.49. The van der Waals surface area contributed by atoms with E-state index < -0.39 is 38.7 Å². The molecule has 5 aliphatic rings. The fraction of sp³-hybridized carbons (Fsp3) is 0.410. The number of amides is 1. The minimum Gasteiger partial charge on any atom is -0.508 e. The van der Waals surface area contributed by atoms with Crippen LogP contribution < -0.4 is 10.1 Å². The van der Waals surface area contributed by atoms with Crippen LogP contribution in [-0.4, -0.2) is 80.1 Å². The second kappa shape index (κ2) is 12.4. The van der Waals surface area contributed by atoms with Gasteiger partial charge in [0.05, 0.1) is 21.5 Å². The number of piperidine rings is 1. The van der Waals surface area contributed by atoms with Crippen molar-refractivity contribution in [2.24, 2.45) is 5.92 Å². The van der Waals surface area contributed by atoms with Crippen molar-refractivity contribution in [3.05, 3.63) is 101 Å². The van der Waals surface area contributed by atoms with Gasteiger partial charge < -0.3 is 29.9 Å². The summed E-state index contributed by atoms with van der Waals surface area (Å²) < 4.78 is 41.4. The minimum absolute atomic E-state index is 0.0238. The number of aryl methyl sites for hydroxylation is 1. The standard InChI is InChI=1S/C32H34N4O6.C7H8O3S/c1-30(2,29-33-27(35-42-29)18-6-4-3-5-7-18)34-28(39)20-15-32(40)22-14-19-10-11-21(37)25-23(19)31(32,26(41-25)24(20)38)12-13-36(22)16-17-8-9-17;1-6-2-4-7(5-3-6)11(8,9)10/h3-7,10-11,17,22,26,37-38,40H,8-9,12-16H2,1-2H3,(H,34,39);2-5H,1H3,(H,8,9,10)/t22-,26+,31+,32-;/m1./s1. The Kier molecular flexibility index (Phi) is 8.26. The number of hydrogen-bond acceptors (Lipinski definition) is 11. The molecule has 1 spiro atoms. The number of aromatic nitrogens is 2. The first-order valence-electron chi connectivity index (χ1n) is 17.8. The molecule has 0 unspecified atom stereocenters. The zero-order valence-electron chi connectivity index (χ0n) is 29.6. The van der Waals surface area contributed by atoms with Gasteiger partial charge in [0, 0.05) is 30.1 Å². The number of nitrogens with one attached hydrogen (secondary N) is 1. The lowest BCUT2D eigenvalue weighted by Crippen LogP contribution is -2.76. The van der Waals surface area contributed by atoms with E-state index in [2.05, 4.69) is 20.4 Å². The lowest BCUT2D eigenvalue weighted by atomic mass is 9.49. The molecule has 4 aromatic rings. The average Bonchev–Trinajstić information content (AvgIpc) is 3.63. The van der Waals surface area contributed by atoms with Crippen molar-refractivity contribution in [1.29, 1.82) is 0 Å². The van der Waals surface area contributed by atoms with Crippen molar-refractivity contribution in [3.8, 4) is 22.9 Å². The maximum absolute atomic E-state index is 14.0. The van der Waals surface area contributed by atoms with Crippen molar-refractivity contribution in [3.63, 3.8) is 0 Å². The summed E-state index contributed by atoms with van der Waals surface area (Å²) in [6.45, 7) is 7.00. The SMILES string of the molecule is CC(C)(NC(=O)C1=C(O)[C@@H]2Oc3c(O)ccc4c3[C@@]23CCN(CC2CC2)[C@H](C4)[C@]3(O)C1)c1nc(-c2ccccc2)no1.Cc1ccc(S(=O)(=O)O)cc1. The van der Waals surface area contributed by atoms with Crippen LogP contribution in [0, 0.1) is 12.8 Å². The highest BCUT2D eigenvalue weighted by molar-refractivity contribution is 7.85. The molecule has 53 heavy (non-hydrogen) atoms. The molecule has 1 saturated heterocycles. The van der Waals surface area contributed by atoms with Crippen LogP contribution in [0.4, 0.5) is 0 Å². The number of carbonyl (C=O) groups excluding carboxylic acids is 1. The van der Waals surface area contributed by atoms with Gasteiger partial charge in [0.2, 0.25) is 5.82 Å². The molecule has 1 amide bonds. The number of carbonyl (C=O) groups is 1. The summed E-state index contributed by atoms with van der Waals surface area (Å²) >= 11 is 0. The maximum Gasteiger partial charge on any atom is 0.294 e. The van der Waals surface area contributed by atoms with Crippen molar-refractivity contribution in [1.82, 2.24) is 20.4 Å². The van der Waals surface area contributed by atoms with E-state index in [4.69, 9.17) is 13.8 Å². The lowest BCUT2D eigenvalue weighted by molar-refractivity contribution is -0.172. The maximum atomic E-state index is 14.0. The zero-order chi connectivity index (χ0) is 37.5. The minimum atomic E-state index is -4.02. The van der Waals surface area contributed by atoms with Gasteiger partial charge in [0.1, 0.15) is 11.3 Å². The monoisotopic (exact) mass is 742 g/mol. The van der Waals surface area contributed by atoms with Gasteiger partial charge in [0.25, 0.3) is 21.9 Å². The Morgan fingerprint density at radius 1 is 1.06 bits per heavy atom. The fourth-order valence-electron chi connectivity index (χ4n) is 8.67. The zero-order valence-corrected chi connectivity index (χ0v) is 30.4. The van der Waals surface area contributed by atoms with Crippen LogP contribution in [0.25, 0.3) is 11.4 Å². The van der Waals surface area contributed by atoms with Crippen LogP contribution in [0.1, 0.15) is 62.1 Å². The number of aliphatic hydroxyl groups is 2. The van der Waals surface area contributed by atoms with Crippen LogP contribution in [0.3, 0.4) is 0 Å². The lowest BCUT2D eigenvalue weighted by Gasteiger charge is -2.62. The average molecular weight is 743 g/mol. The van der Waals surface area contributed by atoms with Gasteiger partial charge in [0.15, 0.2) is 17.6 Å². The molecule has 3 heterocycles. The molecule has 3 aromatic carbocycles. The van der Waals surface area contributed by atoms with Gasteiger partial charge in [-0.25, -0.2) is 0 Å². The van der Waals surface area contributed by atoms with Gasteiger partial charge in [-0.05, 0) is 82.7 Å². The number of ether oxygens (including phenoxy) is 1. The largest absolute Gasteiger partial charge is 0.508 e.